The minimum Gasteiger partial charge on any atom is -0.497 e. The first-order valence-electron chi connectivity index (χ1n) is 9.19. The van der Waals surface area contributed by atoms with Crippen molar-refractivity contribution in [2.45, 2.75) is 17.3 Å². The Morgan fingerprint density at radius 2 is 1.84 bits per heavy atom. The maximum absolute atomic E-state index is 12.4. The summed E-state index contributed by atoms with van der Waals surface area (Å²) >= 11 is 1.07. The number of methoxy groups -OCH3 is 2. The molecule has 4 N–H and O–H groups in total. The number of amides is 3. The number of nitrogens with one attached hydrogen (secondary N) is 2. The Labute approximate surface area is 183 Å². The summed E-state index contributed by atoms with van der Waals surface area (Å²) in [5, 5.41) is 12.7. The number of thioether (sulfide) groups is 1. The first-order chi connectivity index (χ1) is 14.9. The highest BCUT2D eigenvalue weighted by Gasteiger charge is 2.22. The predicted octanol–water partition coefficient (Wildman–Crippen LogP) is 2.51. The van der Waals surface area contributed by atoms with E-state index in [0.717, 1.165) is 11.8 Å². The largest absolute Gasteiger partial charge is 0.497 e. The lowest BCUT2D eigenvalue weighted by atomic mass is 10.2. The average Bonchev–Trinajstić information content (AvgIpc) is 3.13. The molecule has 0 aliphatic carbocycles. The molecule has 0 fully saturated rings. The van der Waals surface area contributed by atoms with E-state index in [0.29, 0.717) is 33.7 Å². The Balaban J connectivity index is 1.67. The maximum Gasteiger partial charge on any atom is 0.325 e. The number of ether oxygens (including phenoxy) is 2. The van der Waals surface area contributed by atoms with Gasteiger partial charge in [-0.15, -0.1) is 10.2 Å². The van der Waals surface area contributed by atoms with Crippen molar-refractivity contribution in [2.75, 3.05) is 25.4 Å². The summed E-state index contributed by atoms with van der Waals surface area (Å²) in [5.74, 6) is 7.15. The molecule has 0 spiro atoms. The van der Waals surface area contributed by atoms with Gasteiger partial charge >= 0.3 is 6.03 Å². The van der Waals surface area contributed by atoms with Gasteiger partial charge in [0.25, 0.3) is 0 Å². The van der Waals surface area contributed by atoms with Gasteiger partial charge in [0.2, 0.25) is 11.1 Å². The lowest BCUT2D eigenvalue weighted by molar-refractivity contribution is -0.119. The molecule has 31 heavy (non-hydrogen) atoms. The van der Waals surface area contributed by atoms with E-state index >= 15 is 0 Å². The van der Waals surface area contributed by atoms with Crippen molar-refractivity contribution in [3.63, 3.8) is 0 Å². The van der Waals surface area contributed by atoms with Crippen molar-refractivity contribution in [1.29, 1.82) is 0 Å². The van der Waals surface area contributed by atoms with Gasteiger partial charge < -0.3 is 20.6 Å². The quantitative estimate of drug-likeness (QED) is 0.375. The minimum absolute atomic E-state index is 0.305. The van der Waals surface area contributed by atoms with Crippen molar-refractivity contribution >= 4 is 29.4 Å². The van der Waals surface area contributed by atoms with Crippen molar-refractivity contribution < 1.29 is 19.1 Å². The van der Waals surface area contributed by atoms with Crippen LogP contribution in [0.25, 0.3) is 11.4 Å². The highest BCUT2D eigenvalue weighted by molar-refractivity contribution is 8.00. The Kier molecular flexibility index (Phi) is 6.98. The molecule has 0 radical (unpaired) electrons. The SMILES string of the molecule is COc1ccc(-c2nnc(SC(C)C(=O)NC(=O)Nc3ccccc3)n2N)c(OC)c1. The summed E-state index contributed by atoms with van der Waals surface area (Å²) in [6.45, 7) is 1.64. The predicted molar refractivity (Wildman–Crippen MR) is 118 cm³/mol. The third-order valence-corrected chi connectivity index (χ3v) is 5.29. The second kappa shape index (κ2) is 9.85. The number of anilines is 1. The monoisotopic (exact) mass is 442 g/mol. The molecular formula is C20H22N6O4S. The van der Waals surface area contributed by atoms with Gasteiger partial charge in [-0.2, -0.15) is 0 Å². The van der Waals surface area contributed by atoms with Crippen LogP contribution in [0.1, 0.15) is 6.92 Å². The Hall–Kier alpha value is -3.73. The van der Waals surface area contributed by atoms with E-state index in [4.69, 9.17) is 15.3 Å². The van der Waals surface area contributed by atoms with E-state index in [1.165, 1.54) is 11.8 Å². The van der Waals surface area contributed by atoms with E-state index in [1.54, 1.807) is 56.5 Å². The zero-order valence-electron chi connectivity index (χ0n) is 17.2. The minimum atomic E-state index is -0.654. The highest BCUT2D eigenvalue weighted by atomic mass is 32.2. The number of carbonyl (C=O) groups excluding carboxylic acids is 2. The fourth-order valence-corrected chi connectivity index (χ4v) is 3.40. The third kappa shape index (κ3) is 5.25. The number of nitrogens with two attached hydrogens (primary N) is 1. The maximum atomic E-state index is 12.4. The van der Waals surface area contributed by atoms with Crippen molar-refractivity contribution in [1.82, 2.24) is 20.2 Å². The van der Waals surface area contributed by atoms with Crippen LogP contribution in [0.15, 0.2) is 53.7 Å². The molecule has 0 aliphatic heterocycles. The third-order valence-electron chi connectivity index (χ3n) is 4.23. The summed E-state index contributed by atoms with van der Waals surface area (Å²) in [6.07, 6.45) is 0. The van der Waals surface area contributed by atoms with Gasteiger partial charge in [-0.3, -0.25) is 10.1 Å². The highest BCUT2D eigenvalue weighted by Crippen LogP contribution is 2.33. The molecule has 1 aromatic heterocycles. The molecule has 1 heterocycles. The van der Waals surface area contributed by atoms with Gasteiger partial charge in [0.1, 0.15) is 11.5 Å². The molecule has 3 amide bonds. The number of carbonyl (C=O) groups is 2. The number of urea groups is 1. The number of aromatic nitrogens is 3. The molecule has 1 unspecified atom stereocenters. The fourth-order valence-electron chi connectivity index (χ4n) is 2.63. The first kappa shape index (κ1) is 22.0. The number of para-hydroxylation sites is 1. The van der Waals surface area contributed by atoms with Crippen molar-refractivity contribution in [3.05, 3.63) is 48.5 Å². The molecule has 1 atom stereocenters. The van der Waals surface area contributed by atoms with Gasteiger partial charge in [0.15, 0.2) is 5.82 Å². The Bertz CT molecular complexity index is 1070. The van der Waals surface area contributed by atoms with Gasteiger partial charge in [0, 0.05) is 11.8 Å². The van der Waals surface area contributed by atoms with Crippen LogP contribution in [0.4, 0.5) is 10.5 Å². The lowest BCUT2D eigenvalue weighted by Gasteiger charge is -2.12. The molecule has 0 saturated carbocycles. The van der Waals surface area contributed by atoms with Crippen LogP contribution in [-0.4, -0.2) is 46.3 Å². The van der Waals surface area contributed by atoms with E-state index in [1.807, 2.05) is 6.07 Å². The van der Waals surface area contributed by atoms with Gasteiger partial charge in [-0.1, -0.05) is 30.0 Å². The van der Waals surface area contributed by atoms with Gasteiger partial charge in [0.05, 0.1) is 25.0 Å². The number of nitrogens with zero attached hydrogens (tertiary/aromatic N) is 3. The van der Waals surface area contributed by atoms with Crippen LogP contribution in [0.5, 0.6) is 11.5 Å². The number of nitrogen functional groups attached to an aromatic ring is 1. The molecule has 162 valence electrons. The number of hydrogen-bond acceptors (Lipinski definition) is 8. The number of imide groups is 1. The van der Waals surface area contributed by atoms with Crippen LogP contribution in [-0.2, 0) is 4.79 Å². The summed E-state index contributed by atoms with van der Waals surface area (Å²) < 4.78 is 11.8. The fraction of sp³-hybridized carbons (Fsp3) is 0.200. The molecule has 3 rings (SSSR count). The summed E-state index contributed by atoms with van der Waals surface area (Å²) in [4.78, 5) is 24.4. The Morgan fingerprint density at radius 3 is 2.52 bits per heavy atom. The second-order valence-electron chi connectivity index (χ2n) is 6.31. The standard InChI is InChI=1S/C20H22N6O4S/c1-12(18(27)23-19(28)22-13-7-5-4-6-8-13)31-20-25-24-17(26(20)21)15-10-9-14(29-2)11-16(15)30-3/h4-12H,21H2,1-3H3,(H2,22,23,27,28). The molecule has 11 heteroatoms. The smallest absolute Gasteiger partial charge is 0.325 e. The number of hydrogen-bond donors (Lipinski definition) is 3. The van der Waals surface area contributed by atoms with Crippen LogP contribution in [0, 0.1) is 0 Å². The number of benzene rings is 2. The van der Waals surface area contributed by atoms with Crippen molar-refractivity contribution in [3.8, 4) is 22.9 Å². The summed E-state index contributed by atoms with van der Waals surface area (Å²) in [5.41, 5.74) is 1.19. The Morgan fingerprint density at radius 1 is 1.10 bits per heavy atom. The summed E-state index contributed by atoms with van der Waals surface area (Å²) in [6, 6.07) is 13.4. The van der Waals surface area contributed by atoms with Crippen LogP contribution < -0.4 is 25.9 Å². The topological polar surface area (TPSA) is 133 Å². The molecular weight excluding hydrogens is 420 g/mol. The molecule has 0 bridgehead atoms. The van der Waals surface area contributed by atoms with E-state index in [-0.39, 0.29) is 0 Å². The van der Waals surface area contributed by atoms with E-state index < -0.39 is 17.2 Å². The van der Waals surface area contributed by atoms with Gasteiger partial charge in [-0.05, 0) is 31.2 Å². The normalized spacial score (nSPS) is 11.5. The zero-order valence-corrected chi connectivity index (χ0v) is 18.0. The molecule has 2 aromatic carbocycles. The molecule has 0 saturated heterocycles. The molecule has 3 aromatic rings. The first-order valence-corrected chi connectivity index (χ1v) is 10.1. The zero-order chi connectivity index (χ0) is 22.4. The van der Waals surface area contributed by atoms with Crippen LogP contribution in [0.2, 0.25) is 0 Å². The van der Waals surface area contributed by atoms with Crippen LogP contribution in [0.3, 0.4) is 0 Å². The summed E-state index contributed by atoms with van der Waals surface area (Å²) in [7, 11) is 3.08. The van der Waals surface area contributed by atoms with Crippen molar-refractivity contribution in [2.24, 2.45) is 0 Å². The van der Waals surface area contributed by atoms with E-state index in [2.05, 4.69) is 20.8 Å². The van der Waals surface area contributed by atoms with Crippen LogP contribution >= 0.6 is 11.8 Å². The lowest BCUT2D eigenvalue weighted by Crippen LogP contribution is -2.39. The van der Waals surface area contributed by atoms with Gasteiger partial charge in [-0.25, -0.2) is 9.47 Å². The second-order valence-corrected chi connectivity index (χ2v) is 7.62. The molecule has 0 aliphatic rings. The average molecular weight is 443 g/mol. The number of rotatable bonds is 7. The molecule has 10 nitrogen and oxygen atoms in total. The van der Waals surface area contributed by atoms with E-state index in [9.17, 15) is 9.59 Å².